The number of aliphatic hydroxyl groups is 2. The highest BCUT2D eigenvalue weighted by atomic mass is 19.1. The highest BCUT2D eigenvalue weighted by Crippen LogP contribution is 2.55. The average molecular weight is 1050 g/mol. The first kappa shape index (κ1) is 55.3. The molecule has 6 N–H and O–H groups in total. The van der Waals surface area contributed by atoms with Gasteiger partial charge in [0.15, 0.2) is 11.6 Å². The van der Waals surface area contributed by atoms with E-state index in [2.05, 4.69) is 5.32 Å². The van der Waals surface area contributed by atoms with Crippen molar-refractivity contribution in [3.05, 3.63) is 98.0 Å². The predicted octanol–water partition coefficient (Wildman–Crippen LogP) is 7.54. The van der Waals surface area contributed by atoms with E-state index in [9.17, 15) is 44.7 Å². The van der Waals surface area contributed by atoms with Crippen LogP contribution in [0.5, 0.6) is 23.0 Å². The lowest BCUT2D eigenvalue weighted by Crippen LogP contribution is -2.46. The summed E-state index contributed by atoms with van der Waals surface area (Å²) in [6, 6.07) is 1.60. The zero-order valence-corrected chi connectivity index (χ0v) is 45.1. The lowest BCUT2D eigenvalue weighted by Gasteiger charge is -2.38. The molecule has 5 aliphatic rings. The first-order valence-corrected chi connectivity index (χ1v) is 25.8. The molecule has 5 bridgehead atoms. The van der Waals surface area contributed by atoms with Crippen LogP contribution in [0.2, 0.25) is 0 Å². The van der Waals surface area contributed by atoms with E-state index < -0.39 is 94.6 Å². The van der Waals surface area contributed by atoms with E-state index in [1.165, 1.54) is 70.0 Å². The van der Waals surface area contributed by atoms with Gasteiger partial charge < -0.3 is 54.7 Å². The van der Waals surface area contributed by atoms with Crippen LogP contribution in [0.1, 0.15) is 112 Å². The summed E-state index contributed by atoms with van der Waals surface area (Å²) in [6.45, 7) is 16.7. The number of ketones is 1. The number of amides is 1. The summed E-state index contributed by atoms with van der Waals surface area (Å²) in [5.41, 5.74) is 2.34. The van der Waals surface area contributed by atoms with E-state index in [-0.39, 0.29) is 56.1 Å². The number of pyridine rings is 2. The number of phenols is 3. The molecule has 1 aliphatic carbocycles. The smallest absolute Gasteiger partial charge is 0.312 e. The van der Waals surface area contributed by atoms with Gasteiger partial charge in [0.25, 0.3) is 17.2 Å². The molecule has 2 aromatic heterocycles. The van der Waals surface area contributed by atoms with Gasteiger partial charge in [-0.15, -0.1) is 0 Å². The number of esters is 1. The van der Waals surface area contributed by atoms with Gasteiger partial charge in [0.05, 0.1) is 76.4 Å². The predicted molar refractivity (Wildman–Crippen MR) is 285 cm³/mol. The molecule has 0 radical (unpaired) electrons. The fourth-order valence-electron chi connectivity index (χ4n) is 11.2. The summed E-state index contributed by atoms with van der Waals surface area (Å²) in [6.07, 6.45) is 8.28. The number of aliphatic hydroxyl groups excluding tert-OH is 2. The molecule has 1 saturated heterocycles. The number of aromatic hydroxyl groups is 3. The normalized spacial score (nSPS) is 29.1. The van der Waals surface area contributed by atoms with Crippen LogP contribution >= 0.6 is 0 Å². The van der Waals surface area contributed by atoms with Crippen molar-refractivity contribution in [2.75, 3.05) is 37.5 Å². The number of anilines is 2. The van der Waals surface area contributed by atoms with Crippen LogP contribution in [0.4, 0.5) is 15.8 Å². The van der Waals surface area contributed by atoms with Crippen LogP contribution in [0.3, 0.4) is 0 Å². The van der Waals surface area contributed by atoms with Gasteiger partial charge in [0.2, 0.25) is 0 Å². The molecule has 4 aromatic rings. The summed E-state index contributed by atoms with van der Waals surface area (Å²) < 4.78 is 41.4. The van der Waals surface area contributed by atoms with E-state index in [4.69, 9.17) is 24.0 Å². The van der Waals surface area contributed by atoms with Crippen LogP contribution in [-0.2, 0) is 23.8 Å². The minimum absolute atomic E-state index is 0.00697. The van der Waals surface area contributed by atoms with E-state index in [1.54, 1.807) is 58.8 Å². The highest BCUT2D eigenvalue weighted by molar-refractivity contribution is 6.24. The number of allylic oxidation sites excluding steroid dienone is 2. The molecule has 6 heterocycles. The number of carbonyl (C=O) groups is 3. The van der Waals surface area contributed by atoms with Crippen molar-refractivity contribution in [2.24, 2.45) is 28.8 Å². The molecule has 2 fully saturated rings. The van der Waals surface area contributed by atoms with Gasteiger partial charge in [-0.05, 0) is 76.1 Å². The Labute approximate surface area is 440 Å². The summed E-state index contributed by atoms with van der Waals surface area (Å²) in [4.78, 5) is 56.4. The van der Waals surface area contributed by atoms with Crippen molar-refractivity contribution in [1.82, 2.24) is 9.41 Å². The van der Waals surface area contributed by atoms with Crippen LogP contribution in [0.15, 0.2) is 58.3 Å². The number of hydrogen-bond acceptors (Lipinski definition) is 16. The molecule has 19 heteroatoms. The van der Waals surface area contributed by atoms with Gasteiger partial charge in [0.1, 0.15) is 23.4 Å². The third-order valence-corrected chi connectivity index (χ3v) is 16.0. The van der Waals surface area contributed by atoms with E-state index in [0.29, 0.717) is 47.8 Å². The fourth-order valence-corrected chi connectivity index (χ4v) is 11.2. The van der Waals surface area contributed by atoms with Crippen LogP contribution < -0.4 is 20.5 Å². The number of likely N-dealkylation sites (N-methyl/N-ethyl adjacent to an activating group) is 1. The number of ether oxygens (including phenoxy) is 4. The first-order valence-electron chi connectivity index (χ1n) is 25.8. The number of methoxy groups -OCH3 is 1. The maximum Gasteiger partial charge on any atom is 0.312 e. The molecule has 9 rings (SSSR count). The Morgan fingerprint density at radius 1 is 0.947 bits per heavy atom. The van der Waals surface area contributed by atoms with Gasteiger partial charge >= 0.3 is 11.8 Å². The number of benzene rings is 2. The molecule has 0 spiro atoms. The third kappa shape index (κ3) is 9.88. The Kier molecular flexibility index (Phi) is 15.4. The standard InChI is InChI=1S/C57H70FN5O13/c1-26-14-13-15-27(2)55(71)60-44-38(23-59-61(11)36-18-20-62(24-36)46-30(5)45-37(35-16-17-35)22-28(3)56(72)63(45)25-39(46)58)50(68)41-42(51(44)69)49(67)33(8)53-43(41)54(70)57(10,76-53)74-21-19-40(73-12)29(4)52(75-34(9)64)32(7)48(66)31(6)47(26)65/h13-15,19,21-23,25-26,29,31-32,35-36,40,47-48,52,65-69H,16-18,20,24H2,1-12H3,(H,60,71)/b14-13+,21-19+,27-15-,59-23+/t26-,29+,31+,32+,36?,40-,47-,48+,52+,57-/m0/s1. The van der Waals surface area contributed by atoms with Crippen molar-refractivity contribution < 1.29 is 63.3 Å². The summed E-state index contributed by atoms with van der Waals surface area (Å²) in [5.74, 6) is -9.25. The van der Waals surface area contributed by atoms with Crippen LogP contribution in [0, 0.1) is 50.3 Å². The van der Waals surface area contributed by atoms with Gasteiger partial charge in [-0.3, -0.25) is 28.6 Å². The summed E-state index contributed by atoms with van der Waals surface area (Å²) in [5, 5.41) is 67.9. The van der Waals surface area contributed by atoms with Gasteiger partial charge in [-0.25, -0.2) is 4.39 Å². The maximum atomic E-state index is 16.2. The second-order valence-electron chi connectivity index (χ2n) is 21.4. The number of Topliss-reactive ketones (excluding diaryl/α,β-unsaturated/α-hetero) is 1. The topological polar surface area (TPSA) is 242 Å². The number of nitrogens with one attached hydrogen (secondary N) is 1. The molecule has 2 aromatic carbocycles. The summed E-state index contributed by atoms with van der Waals surface area (Å²) >= 11 is 0. The molecule has 1 amide bonds. The second kappa shape index (κ2) is 21.2. The highest BCUT2D eigenvalue weighted by Gasteiger charge is 2.50. The van der Waals surface area contributed by atoms with Gasteiger partial charge in [0, 0.05) is 86.9 Å². The molecule has 4 aliphatic heterocycles. The molecule has 1 saturated carbocycles. The molecule has 408 valence electrons. The van der Waals surface area contributed by atoms with Crippen molar-refractivity contribution in [3.63, 3.8) is 0 Å². The number of nitrogens with zero attached hydrogens (tertiary/aromatic N) is 4. The number of aryl methyl sites for hydroxylation is 2. The van der Waals surface area contributed by atoms with Gasteiger partial charge in [-0.1, -0.05) is 45.9 Å². The number of hydrogen-bond donors (Lipinski definition) is 6. The number of carbonyl (C=O) groups excluding carboxylic acids is 3. The Bertz CT molecular complexity index is 3200. The molecule has 76 heavy (non-hydrogen) atoms. The largest absolute Gasteiger partial charge is 0.507 e. The van der Waals surface area contributed by atoms with E-state index >= 15 is 4.39 Å². The third-order valence-electron chi connectivity index (χ3n) is 16.0. The van der Waals surface area contributed by atoms with Crippen LogP contribution in [0.25, 0.3) is 16.3 Å². The van der Waals surface area contributed by atoms with E-state index in [0.717, 1.165) is 18.4 Å². The van der Waals surface area contributed by atoms with Gasteiger partial charge in [-0.2, -0.15) is 5.10 Å². The zero-order chi connectivity index (χ0) is 55.6. The quantitative estimate of drug-likeness (QED) is 0.0344. The average Bonchev–Trinajstić information content (AvgIpc) is 4.05. The maximum absolute atomic E-state index is 16.2. The molecule has 1 unspecified atom stereocenters. The lowest BCUT2D eigenvalue weighted by molar-refractivity contribution is -0.160. The molecule has 18 nitrogen and oxygen atoms in total. The van der Waals surface area contributed by atoms with Crippen LogP contribution in [-0.4, -0.2) is 122 Å². The minimum Gasteiger partial charge on any atom is -0.507 e. The van der Waals surface area contributed by atoms with E-state index in [1.807, 2.05) is 17.9 Å². The van der Waals surface area contributed by atoms with Crippen molar-refractivity contribution in [2.45, 2.75) is 131 Å². The number of rotatable bonds is 7. The Morgan fingerprint density at radius 3 is 2.30 bits per heavy atom. The number of halogens is 1. The number of hydrazone groups is 1. The minimum atomic E-state index is -2.12. The number of phenolic OH excluding ortho intramolecular Hbond substituents is 3. The monoisotopic (exact) mass is 1050 g/mol. The van der Waals surface area contributed by atoms with Crippen molar-refractivity contribution >= 4 is 51.5 Å². The molecule has 10 atom stereocenters. The molecular weight excluding hydrogens is 982 g/mol. The number of aromatic nitrogens is 1. The second-order valence-corrected chi connectivity index (χ2v) is 21.4. The molecular formula is C57H70FN5O13. The Balaban J connectivity index is 1.20. The fraction of sp³-hybridized carbons (Fsp3) is 0.491. The van der Waals surface area contributed by atoms with Crippen molar-refractivity contribution in [1.29, 1.82) is 0 Å². The first-order chi connectivity index (χ1) is 35.8. The Hall–Kier alpha value is -6.96. The lowest BCUT2D eigenvalue weighted by atomic mass is 9.78. The summed E-state index contributed by atoms with van der Waals surface area (Å²) in [7, 11) is 3.11. The SMILES string of the molecule is CO[C@H]1/C=C/O[C@@]2(C)Oc3c(C)c(O)c4c(O)c(c(/C=N/N(C)C5CCN(c6c(F)cn7c(=O)c(C)cc(C8CC8)c7c6C)C5)c(O)c4c3C2=O)NC(=O)/C(C)=C\C=C\[C@H](C)[C@H](O)[C@@H](C)[C@@H](O)[C@@H](C)[C@H](OC(C)=O)[C@@H]1C. The van der Waals surface area contributed by atoms with Crippen molar-refractivity contribution in [3.8, 4) is 23.0 Å². The Morgan fingerprint density at radius 2 is 1.64 bits per heavy atom. The zero-order valence-electron chi connectivity index (χ0n) is 45.1. The number of fused-ring (bicyclic) bond motifs is 15.